The third kappa shape index (κ3) is 6.85. The predicted octanol–water partition coefficient (Wildman–Crippen LogP) is 10.1. The number of carbonyl (C=O) groups excluding carboxylic acids is 1. The van der Waals surface area contributed by atoms with Crippen LogP contribution in [0, 0.1) is 22.7 Å². The number of hydrogen-bond acceptors (Lipinski definition) is 4. The van der Waals surface area contributed by atoms with E-state index in [2.05, 4.69) is 56.4 Å². The molecule has 42 heavy (non-hydrogen) atoms. The van der Waals surface area contributed by atoms with Gasteiger partial charge >= 0.3 is 5.97 Å². The molecule has 2 bridgehead atoms. The van der Waals surface area contributed by atoms with Crippen LogP contribution in [0.25, 0.3) is 6.08 Å². The van der Waals surface area contributed by atoms with Gasteiger partial charge in [0.05, 0.1) is 6.26 Å². The zero-order valence-corrected chi connectivity index (χ0v) is 26.5. The molecule has 1 aromatic heterocycles. The molecule has 3 unspecified atom stereocenters. The van der Waals surface area contributed by atoms with Crippen molar-refractivity contribution >= 4 is 12.0 Å². The normalized spacial score (nSPS) is 33.2. The molecule has 0 aliphatic heterocycles. The van der Waals surface area contributed by atoms with Crippen molar-refractivity contribution in [1.82, 2.24) is 0 Å². The quantitative estimate of drug-likeness (QED) is 0.121. The molecule has 3 saturated carbocycles. The van der Waals surface area contributed by atoms with Gasteiger partial charge in [-0.3, -0.25) is 4.79 Å². The Balaban J connectivity index is 0.976. The summed E-state index contributed by atoms with van der Waals surface area (Å²) in [5, 5.41) is 11.8. The molecule has 0 aromatic carbocycles. The number of hydrogen-bond donors (Lipinski definition) is 1. The van der Waals surface area contributed by atoms with E-state index in [9.17, 15) is 9.90 Å². The number of unbranched alkanes of at least 4 members (excludes halogenated alkanes) is 8. The summed E-state index contributed by atoms with van der Waals surface area (Å²) in [4.78, 5) is 12.6. The predicted molar refractivity (Wildman–Crippen MR) is 171 cm³/mol. The van der Waals surface area contributed by atoms with Crippen molar-refractivity contribution in [3.63, 3.8) is 0 Å². The average molecular weight is 577 g/mol. The fourth-order valence-electron chi connectivity index (χ4n) is 9.40. The molecule has 4 heteroatoms. The lowest BCUT2D eigenvalue weighted by molar-refractivity contribution is -0.154. The Morgan fingerprint density at radius 1 is 1.02 bits per heavy atom. The van der Waals surface area contributed by atoms with Gasteiger partial charge in [-0.15, -0.1) is 0 Å². The highest BCUT2D eigenvalue weighted by Gasteiger charge is 2.65. The van der Waals surface area contributed by atoms with Crippen molar-refractivity contribution in [2.24, 2.45) is 22.7 Å². The van der Waals surface area contributed by atoms with E-state index in [1.165, 1.54) is 50.5 Å². The second kappa shape index (κ2) is 14.1. The monoisotopic (exact) mass is 576 g/mol. The maximum absolute atomic E-state index is 12.6. The van der Waals surface area contributed by atoms with E-state index >= 15 is 0 Å². The van der Waals surface area contributed by atoms with Crippen LogP contribution in [0.4, 0.5) is 0 Å². The van der Waals surface area contributed by atoms with E-state index in [4.69, 9.17) is 9.15 Å². The highest BCUT2D eigenvalue weighted by molar-refractivity contribution is 5.69. The lowest BCUT2D eigenvalue weighted by Gasteiger charge is -2.58. The van der Waals surface area contributed by atoms with Gasteiger partial charge in [0, 0.05) is 12.0 Å². The third-order valence-electron chi connectivity index (χ3n) is 11.6. The Morgan fingerprint density at radius 3 is 2.60 bits per heavy atom. The molecule has 0 radical (unpaired) electrons. The fraction of sp³-hybridized carbons (Fsp3) is 0.711. The second-order valence-electron chi connectivity index (χ2n) is 14.3. The molecule has 4 aliphatic rings. The lowest BCUT2D eigenvalue weighted by atomic mass is 9.46. The van der Waals surface area contributed by atoms with Crippen molar-refractivity contribution in [1.29, 1.82) is 0 Å². The standard InChI is InChI=1S/C38H56O4/c1-3-4-5-6-7-8-9-10-11-12-13-14-15-16-17-18-35(39)42-29-38(40)28-37-25-21-32-31-23-26-41-33(31)22-24-36(32,2)34(37)20-19-30(38)27-37/h7-8,10-11,22-24,26,30,32,34,40H,3-6,9,12-21,25,27-29H2,1-2H3/t30?,32?,34?,36-,37-,38+/m0/s1. The molecule has 1 heterocycles. The average Bonchev–Trinajstić information content (AvgIpc) is 3.54. The highest BCUT2D eigenvalue weighted by Crippen LogP contribution is 2.71. The number of furan rings is 1. The van der Waals surface area contributed by atoms with Crippen molar-refractivity contribution in [2.45, 2.75) is 141 Å². The summed E-state index contributed by atoms with van der Waals surface area (Å²) in [6.45, 7) is 4.86. The summed E-state index contributed by atoms with van der Waals surface area (Å²) < 4.78 is 11.5. The molecular weight excluding hydrogens is 520 g/mol. The Kier molecular flexibility index (Phi) is 10.6. The molecular formula is C38H56O4. The van der Waals surface area contributed by atoms with Gasteiger partial charge in [0.25, 0.3) is 0 Å². The first-order valence-corrected chi connectivity index (χ1v) is 17.3. The van der Waals surface area contributed by atoms with Gasteiger partial charge in [0.15, 0.2) is 0 Å². The number of ether oxygens (including phenoxy) is 1. The Hall–Kier alpha value is -2.07. The highest BCUT2D eigenvalue weighted by atomic mass is 16.5. The van der Waals surface area contributed by atoms with Crippen LogP contribution in [0.1, 0.15) is 147 Å². The van der Waals surface area contributed by atoms with Crippen LogP contribution in [0.5, 0.6) is 0 Å². The Bertz CT molecular complexity index is 1110. The summed E-state index contributed by atoms with van der Waals surface area (Å²) in [6, 6.07) is 2.17. The number of aliphatic hydroxyl groups is 1. The third-order valence-corrected chi connectivity index (χ3v) is 11.6. The molecule has 1 aromatic rings. The maximum atomic E-state index is 12.6. The molecule has 0 saturated heterocycles. The maximum Gasteiger partial charge on any atom is 0.305 e. The molecule has 5 rings (SSSR count). The molecule has 4 nitrogen and oxygen atoms in total. The minimum absolute atomic E-state index is 0.100. The van der Waals surface area contributed by atoms with Crippen LogP contribution in [-0.2, 0) is 9.53 Å². The zero-order chi connectivity index (χ0) is 29.5. The molecule has 1 spiro atoms. The summed E-state index contributed by atoms with van der Waals surface area (Å²) in [5.41, 5.74) is 0.752. The van der Waals surface area contributed by atoms with Gasteiger partial charge in [-0.2, -0.15) is 0 Å². The van der Waals surface area contributed by atoms with Crippen LogP contribution in [-0.4, -0.2) is 23.3 Å². The van der Waals surface area contributed by atoms with Gasteiger partial charge in [-0.05, 0) is 118 Å². The first-order valence-electron chi connectivity index (χ1n) is 17.3. The van der Waals surface area contributed by atoms with Gasteiger partial charge in [0.1, 0.15) is 18.0 Å². The molecule has 232 valence electrons. The SMILES string of the molecule is CCCCCC=CCC=CCCCCCCCC(=O)OC[C@]1(O)C[C@@]23CCC4c5ccoc5C=C[C@]4(C)C2CCC1C3. The zero-order valence-electron chi connectivity index (χ0n) is 26.5. The minimum atomic E-state index is -0.870. The number of esters is 1. The van der Waals surface area contributed by atoms with Crippen LogP contribution >= 0.6 is 0 Å². The number of fused-ring (bicyclic) bond motifs is 5. The summed E-state index contributed by atoms with van der Waals surface area (Å²) in [5.74, 6) is 2.19. The van der Waals surface area contributed by atoms with Gasteiger partial charge in [-0.25, -0.2) is 0 Å². The van der Waals surface area contributed by atoms with Crippen LogP contribution in [0.3, 0.4) is 0 Å². The molecule has 1 N–H and O–H groups in total. The minimum Gasteiger partial charge on any atom is -0.465 e. The summed E-state index contributed by atoms with van der Waals surface area (Å²) >= 11 is 0. The first-order chi connectivity index (χ1) is 20.4. The smallest absolute Gasteiger partial charge is 0.305 e. The number of rotatable bonds is 16. The van der Waals surface area contributed by atoms with Crippen molar-refractivity contribution in [3.05, 3.63) is 54.0 Å². The molecule has 6 atom stereocenters. The van der Waals surface area contributed by atoms with Crippen LogP contribution in [0.15, 0.2) is 47.1 Å². The fourth-order valence-corrected chi connectivity index (χ4v) is 9.40. The van der Waals surface area contributed by atoms with Crippen LogP contribution in [0.2, 0.25) is 0 Å². The Morgan fingerprint density at radius 2 is 1.79 bits per heavy atom. The molecule has 0 amide bonds. The van der Waals surface area contributed by atoms with Gasteiger partial charge in [0.2, 0.25) is 0 Å². The largest absolute Gasteiger partial charge is 0.465 e. The van der Waals surface area contributed by atoms with E-state index in [0.29, 0.717) is 18.3 Å². The summed E-state index contributed by atoms with van der Waals surface area (Å²) in [7, 11) is 0. The van der Waals surface area contributed by atoms with Gasteiger partial charge in [-0.1, -0.05) is 76.3 Å². The van der Waals surface area contributed by atoms with E-state index in [1.54, 1.807) is 0 Å². The van der Waals surface area contributed by atoms with E-state index in [0.717, 1.165) is 70.0 Å². The van der Waals surface area contributed by atoms with Gasteiger partial charge < -0.3 is 14.3 Å². The summed E-state index contributed by atoms with van der Waals surface area (Å²) in [6.07, 6.45) is 35.3. The molecule has 3 fully saturated rings. The van der Waals surface area contributed by atoms with E-state index in [-0.39, 0.29) is 29.3 Å². The molecule has 4 aliphatic carbocycles. The second-order valence-corrected chi connectivity index (χ2v) is 14.3. The van der Waals surface area contributed by atoms with Crippen molar-refractivity contribution in [3.8, 4) is 0 Å². The van der Waals surface area contributed by atoms with E-state index in [1.807, 2.05) is 6.26 Å². The van der Waals surface area contributed by atoms with E-state index < -0.39 is 5.60 Å². The number of carbonyl (C=O) groups is 1. The topological polar surface area (TPSA) is 59.7 Å². The van der Waals surface area contributed by atoms with Crippen molar-refractivity contribution < 1.29 is 19.1 Å². The first kappa shape index (κ1) is 31.4. The van der Waals surface area contributed by atoms with Crippen molar-refractivity contribution in [2.75, 3.05) is 6.61 Å². The Labute approximate surface area is 255 Å². The number of allylic oxidation sites excluding steroid dienone is 5. The lowest BCUT2D eigenvalue weighted by Crippen LogP contribution is -2.49. The van der Waals surface area contributed by atoms with Crippen LogP contribution < -0.4 is 0 Å².